The van der Waals surface area contributed by atoms with E-state index in [-0.39, 0.29) is 12.5 Å². The smallest absolute Gasteiger partial charge is 0.343 e. The van der Waals surface area contributed by atoms with Crippen LogP contribution in [0.2, 0.25) is 5.02 Å². The number of hydrogen-bond donors (Lipinski definition) is 2. The summed E-state index contributed by atoms with van der Waals surface area (Å²) in [4.78, 5) is 24.0. The lowest BCUT2D eigenvalue weighted by molar-refractivity contribution is -0.119. The quantitative estimate of drug-likeness (QED) is 0.256. The molecule has 30 heavy (non-hydrogen) atoms. The lowest BCUT2D eigenvalue weighted by Crippen LogP contribution is -2.25. The second-order valence-electron chi connectivity index (χ2n) is 6.48. The van der Waals surface area contributed by atoms with E-state index < -0.39 is 5.97 Å². The van der Waals surface area contributed by atoms with Crippen LogP contribution in [-0.2, 0) is 4.79 Å². The molecule has 0 aliphatic rings. The van der Waals surface area contributed by atoms with Crippen molar-refractivity contribution in [3.05, 3.63) is 94.5 Å². The van der Waals surface area contributed by atoms with Gasteiger partial charge in [-0.25, -0.2) is 10.2 Å². The molecule has 3 aromatic rings. The minimum absolute atomic E-state index is 0.111. The summed E-state index contributed by atoms with van der Waals surface area (Å²) in [6, 6.07) is 21.0. The number of hydrazone groups is 1. The number of rotatable bonds is 7. The van der Waals surface area contributed by atoms with Crippen molar-refractivity contribution in [3.63, 3.8) is 0 Å². The number of hydrogen-bond acceptors (Lipinski definition) is 5. The molecular weight excluding hydrogens is 402 g/mol. The van der Waals surface area contributed by atoms with Gasteiger partial charge in [0, 0.05) is 10.7 Å². The molecule has 0 bridgehead atoms. The van der Waals surface area contributed by atoms with Crippen LogP contribution in [0.4, 0.5) is 5.69 Å². The number of carbonyl (C=O) groups excluding carboxylic acids is 2. The Labute approximate surface area is 179 Å². The summed E-state index contributed by atoms with van der Waals surface area (Å²) < 4.78 is 5.32. The summed E-state index contributed by atoms with van der Waals surface area (Å²) in [6.45, 7) is 2.10. The van der Waals surface area contributed by atoms with E-state index in [4.69, 9.17) is 16.3 Å². The van der Waals surface area contributed by atoms with E-state index in [1.807, 2.05) is 31.2 Å². The molecule has 0 saturated heterocycles. The van der Waals surface area contributed by atoms with Crippen LogP contribution in [0.5, 0.6) is 5.75 Å². The minimum atomic E-state index is -0.471. The van der Waals surface area contributed by atoms with Crippen LogP contribution in [0.1, 0.15) is 21.5 Å². The predicted molar refractivity (Wildman–Crippen MR) is 118 cm³/mol. The monoisotopic (exact) mass is 421 g/mol. The summed E-state index contributed by atoms with van der Waals surface area (Å²) in [5, 5.41) is 7.52. The number of amides is 1. The highest BCUT2D eigenvalue weighted by molar-refractivity contribution is 6.30. The van der Waals surface area contributed by atoms with Crippen molar-refractivity contribution in [3.8, 4) is 5.75 Å². The average Bonchev–Trinajstić information content (AvgIpc) is 2.74. The highest BCUT2D eigenvalue weighted by atomic mass is 35.5. The first-order chi connectivity index (χ1) is 14.5. The fourth-order valence-corrected chi connectivity index (χ4v) is 2.66. The first-order valence-electron chi connectivity index (χ1n) is 9.20. The lowest BCUT2D eigenvalue weighted by atomic mass is 10.2. The molecule has 0 heterocycles. The maximum atomic E-state index is 12.1. The van der Waals surface area contributed by atoms with Gasteiger partial charge >= 0.3 is 5.97 Å². The molecule has 0 aliphatic heterocycles. The van der Waals surface area contributed by atoms with Gasteiger partial charge in [0.15, 0.2) is 0 Å². The first-order valence-corrected chi connectivity index (χ1v) is 9.58. The van der Waals surface area contributed by atoms with E-state index in [0.29, 0.717) is 16.3 Å². The Bertz CT molecular complexity index is 1050. The molecule has 0 unspecified atom stereocenters. The molecule has 0 aliphatic carbocycles. The Morgan fingerprint density at radius 1 is 1.03 bits per heavy atom. The Morgan fingerprint density at radius 2 is 1.77 bits per heavy atom. The first kappa shape index (κ1) is 21.1. The molecule has 0 saturated carbocycles. The number of nitrogens with one attached hydrogen (secondary N) is 2. The molecule has 0 fully saturated rings. The molecule has 6 nitrogen and oxygen atoms in total. The van der Waals surface area contributed by atoms with E-state index in [1.54, 1.807) is 48.5 Å². The molecule has 152 valence electrons. The number of ether oxygens (including phenoxy) is 1. The van der Waals surface area contributed by atoms with Crippen LogP contribution in [0.3, 0.4) is 0 Å². The van der Waals surface area contributed by atoms with Crippen LogP contribution in [-0.4, -0.2) is 24.6 Å². The zero-order valence-corrected chi connectivity index (χ0v) is 17.0. The largest absolute Gasteiger partial charge is 0.423 e. The number of nitrogens with zero attached hydrogens (tertiary/aromatic N) is 1. The Hall–Kier alpha value is -3.64. The number of halogens is 1. The van der Waals surface area contributed by atoms with E-state index in [9.17, 15) is 9.59 Å². The van der Waals surface area contributed by atoms with E-state index >= 15 is 0 Å². The Balaban J connectivity index is 1.46. The maximum Gasteiger partial charge on any atom is 0.343 e. The van der Waals surface area contributed by atoms with Crippen LogP contribution < -0.4 is 15.5 Å². The van der Waals surface area contributed by atoms with Gasteiger partial charge in [0.1, 0.15) is 5.75 Å². The van der Waals surface area contributed by atoms with E-state index in [0.717, 1.165) is 16.8 Å². The summed E-state index contributed by atoms with van der Waals surface area (Å²) in [5.74, 6) is -0.332. The number of aryl methyl sites for hydroxylation is 1. The van der Waals surface area contributed by atoms with Crippen molar-refractivity contribution in [2.45, 2.75) is 6.92 Å². The molecule has 0 aromatic heterocycles. The van der Waals surface area contributed by atoms with Gasteiger partial charge in [-0.1, -0.05) is 23.7 Å². The van der Waals surface area contributed by atoms with Gasteiger partial charge in [-0.15, -0.1) is 0 Å². The third kappa shape index (κ3) is 6.46. The van der Waals surface area contributed by atoms with Crippen LogP contribution in [0.15, 0.2) is 77.9 Å². The third-order valence-corrected chi connectivity index (χ3v) is 4.30. The van der Waals surface area contributed by atoms with Gasteiger partial charge in [-0.05, 0) is 78.7 Å². The standard InChI is InChI=1S/C23H20ClN3O3/c1-16-3-2-4-20(13-16)25-15-22(28)27-26-14-17-5-11-21(12-6-17)30-23(29)18-7-9-19(24)10-8-18/h2-14,25H,15H2,1H3,(H,27,28)/b26-14+. The summed E-state index contributed by atoms with van der Waals surface area (Å²) in [7, 11) is 0. The second kappa shape index (κ2) is 10.2. The van der Waals surface area contributed by atoms with Crippen molar-refractivity contribution < 1.29 is 14.3 Å². The van der Waals surface area contributed by atoms with Crippen molar-refractivity contribution in [1.29, 1.82) is 0 Å². The number of carbonyl (C=O) groups is 2. The summed E-state index contributed by atoms with van der Waals surface area (Å²) in [5.41, 5.74) is 5.60. The number of esters is 1. The fourth-order valence-electron chi connectivity index (χ4n) is 2.53. The summed E-state index contributed by atoms with van der Waals surface area (Å²) in [6.07, 6.45) is 1.51. The SMILES string of the molecule is Cc1cccc(NCC(=O)N/N=C/c2ccc(OC(=O)c3ccc(Cl)cc3)cc2)c1. The molecule has 3 aromatic carbocycles. The van der Waals surface area contributed by atoms with Crippen molar-refractivity contribution in [2.24, 2.45) is 5.10 Å². The Morgan fingerprint density at radius 3 is 2.47 bits per heavy atom. The number of anilines is 1. The Kier molecular flexibility index (Phi) is 7.19. The van der Waals surface area contributed by atoms with Gasteiger partial charge in [-0.2, -0.15) is 5.10 Å². The number of benzene rings is 3. The van der Waals surface area contributed by atoms with E-state index in [2.05, 4.69) is 15.8 Å². The zero-order valence-electron chi connectivity index (χ0n) is 16.3. The lowest BCUT2D eigenvalue weighted by Gasteiger charge is -2.06. The predicted octanol–water partition coefficient (Wildman–Crippen LogP) is 4.43. The molecule has 0 atom stereocenters. The molecular formula is C23H20ClN3O3. The molecule has 0 radical (unpaired) electrons. The highest BCUT2D eigenvalue weighted by Crippen LogP contribution is 2.15. The van der Waals surface area contributed by atoms with Gasteiger partial charge in [-0.3, -0.25) is 4.79 Å². The van der Waals surface area contributed by atoms with Crippen LogP contribution >= 0.6 is 11.6 Å². The minimum Gasteiger partial charge on any atom is -0.423 e. The highest BCUT2D eigenvalue weighted by Gasteiger charge is 2.08. The second-order valence-corrected chi connectivity index (χ2v) is 6.92. The molecule has 0 spiro atoms. The third-order valence-electron chi connectivity index (χ3n) is 4.04. The normalized spacial score (nSPS) is 10.6. The average molecular weight is 422 g/mol. The molecule has 3 rings (SSSR count). The van der Waals surface area contributed by atoms with Gasteiger partial charge in [0.2, 0.25) is 0 Å². The molecule has 7 heteroatoms. The van der Waals surface area contributed by atoms with Gasteiger partial charge in [0.05, 0.1) is 18.3 Å². The van der Waals surface area contributed by atoms with Gasteiger partial charge in [0.25, 0.3) is 5.91 Å². The van der Waals surface area contributed by atoms with Crippen molar-refractivity contribution in [2.75, 3.05) is 11.9 Å². The zero-order chi connectivity index (χ0) is 21.3. The maximum absolute atomic E-state index is 12.1. The van der Waals surface area contributed by atoms with Gasteiger partial charge < -0.3 is 10.1 Å². The van der Waals surface area contributed by atoms with Crippen LogP contribution in [0, 0.1) is 6.92 Å². The van der Waals surface area contributed by atoms with Crippen molar-refractivity contribution >= 4 is 35.4 Å². The van der Waals surface area contributed by atoms with Crippen molar-refractivity contribution in [1.82, 2.24) is 5.43 Å². The fraction of sp³-hybridized carbons (Fsp3) is 0.0870. The topological polar surface area (TPSA) is 79.8 Å². The molecule has 1 amide bonds. The molecule has 2 N–H and O–H groups in total. The van der Waals surface area contributed by atoms with Crippen LogP contribution in [0.25, 0.3) is 0 Å². The van der Waals surface area contributed by atoms with E-state index in [1.165, 1.54) is 6.21 Å². The summed E-state index contributed by atoms with van der Waals surface area (Å²) >= 11 is 5.81.